The number of nitrogens with zero attached hydrogens (tertiary/aromatic N) is 1. The molecule has 1 aliphatic heterocycles. The Morgan fingerprint density at radius 3 is 2.58 bits per heavy atom. The van der Waals surface area contributed by atoms with Crippen molar-refractivity contribution >= 4 is 11.8 Å². The Bertz CT molecular complexity index is 468. The lowest BCUT2D eigenvalue weighted by Crippen LogP contribution is -2.56. The SMILES string of the molecule is CCc1ccc(C(=O)N2CCNC(=O)C2CC)cc1. The van der Waals surface area contributed by atoms with E-state index in [1.54, 1.807) is 4.90 Å². The molecule has 19 heavy (non-hydrogen) atoms. The molecule has 1 saturated heterocycles. The summed E-state index contributed by atoms with van der Waals surface area (Å²) in [5.41, 5.74) is 1.87. The minimum atomic E-state index is -0.341. The molecule has 4 heteroatoms. The molecule has 0 aromatic heterocycles. The summed E-state index contributed by atoms with van der Waals surface area (Å²) in [4.78, 5) is 25.9. The first-order valence-electron chi connectivity index (χ1n) is 6.85. The Balaban J connectivity index is 2.19. The lowest BCUT2D eigenvalue weighted by molar-refractivity contribution is -0.127. The Labute approximate surface area is 113 Å². The molecule has 102 valence electrons. The highest BCUT2D eigenvalue weighted by atomic mass is 16.2. The average Bonchev–Trinajstić information content (AvgIpc) is 2.46. The maximum atomic E-state index is 12.5. The molecule has 2 amide bonds. The summed E-state index contributed by atoms with van der Waals surface area (Å²) in [6, 6.07) is 7.30. The van der Waals surface area contributed by atoms with E-state index >= 15 is 0 Å². The summed E-state index contributed by atoms with van der Waals surface area (Å²) in [6.07, 6.45) is 1.60. The van der Waals surface area contributed by atoms with Crippen molar-refractivity contribution in [2.45, 2.75) is 32.7 Å². The highest BCUT2D eigenvalue weighted by molar-refractivity contribution is 5.98. The van der Waals surface area contributed by atoms with Crippen LogP contribution in [0.15, 0.2) is 24.3 Å². The van der Waals surface area contributed by atoms with E-state index in [9.17, 15) is 9.59 Å². The molecule has 0 spiro atoms. The van der Waals surface area contributed by atoms with Gasteiger partial charge in [-0.25, -0.2) is 0 Å². The molecule has 1 heterocycles. The van der Waals surface area contributed by atoms with Gasteiger partial charge < -0.3 is 10.2 Å². The van der Waals surface area contributed by atoms with Gasteiger partial charge in [0.15, 0.2) is 0 Å². The summed E-state index contributed by atoms with van der Waals surface area (Å²) < 4.78 is 0. The van der Waals surface area contributed by atoms with Crippen molar-refractivity contribution in [2.24, 2.45) is 0 Å². The highest BCUT2D eigenvalue weighted by Gasteiger charge is 2.31. The second kappa shape index (κ2) is 5.87. The van der Waals surface area contributed by atoms with Gasteiger partial charge in [-0.2, -0.15) is 0 Å². The Hall–Kier alpha value is -1.84. The monoisotopic (exact) mass is 260 g/mol. The van der Waals surface area contributed by atoms with Gasteiger partial charge in [-0.1, -0.05) is 26.0 Å². The van der Waals surface area contributed by atoms with Crippen LogP contribution >= 0.6 is 0 Å². The van der Waals surface area contributed by atoms with Crippen LogP contribution in [-0.2, 0) is 11.2 Å². The lowest BCUT2D eigenvalue weighted by atomic mass is 10.1. The first-order chi connectivity index (χ1) is 9.17. The zero-order chi connectivity index (χ0) is 13.8. The number of aryl methyl sites for hydroxylation is 1. The second-order valence-electron chi connectivity index (χ2n) is 4.76. The Kier molecular flexibility index (Phi) is 4.20. The summed E-state index contributed by atoms with van der Waals surface area (Å²) >= 11 is 0. The maximum absolute atomic E-state index is 12.5. The van der Waals surface area contributed by atoms with Gasteiger partial charge in [0, 0.05) is 18.7 Å². The second-order valence-corrected chi connectivity index (χ2v) is 4.76. The van der Waals surface area contributed by atoms with Gasteiger partial charge in [0.05, 0.1) is 0 Å². The average molecular weight is 260 g/mol. The van der Waals surface area contributed by atoms with E-state index in [0.717, 1.165) is 6.42 Å². The van der Waals surface area contributed by atoms with E-state index in [1.165, 1.54) is 5.56 Å². The van der Waals surface area contributed by atoms with Crippen molar-refractivity contribution < 1.29 is 9.59 Å². The molecule has 0 radical (unpaired) electrons. The van der Waals surface area contributed by atoms with Gasteiger partial charge in [0.25, 0.3) is 5.91 Å². The molecule has 1 aromatic carbocycles. The Morgan fingerprint density at radius 1 is 1.32 bits per heavy atom. The van der Waals surface area contributed by atoms with Crippen molar-refractivity contribution in [3.05, 3.63) is 35.4 Å². The third-order valence-electron chi connectivity index (χ3n) is 3.59. The molecule has 1 unspecified atom stereocenters. The molecule has 0 bridgehead atoms. The van der Waals surface area contributed by atoms with Crippen molar-refractivity contribution in [1.29, 1.82) is 0 Å². The number of carbonyl (C=O) groups is 2. The molecular weight excluding hydrogens is 240 g/mol. The highest BCUT2D eigenvalue weighted by Crippen LogP contribution is 2.14. The van der Waals surface area contributed by atoms with E-state index in [4.69, 9.17) is 0 Å². The normalized spacial score (nSPS) is 19.2. The van der Waals surface area contributed by atoms with Crippen LogP contribution < -0.4 is 5.32 Å². The third-order valence-corrected chi connectivity index (χ3v) is 3.59. The van der Waals surface area contributed by atoms with E-state index in [0.29, 0.717) is 25.1 Å². The van der Waals surface area contributed by atoms with E-state index in [1.807, 2.05) is 31.2 Å². The molecule has 1 N–H and O–H groups in total. The van der Waals surface area contributed by atoms with E-state index in [2.05, 4.69) is 12.2 Å². The molecule has 0 saturated carbocycles. The number of piperazine rings is 1. The van der Waals surface area contributed by atoms with Crippen molar-refractivity contribution in [1.82, 2.24) is 10.2 Å². The molecule has 0 aliphatic carbocycles. The number of hydrogen-bond acceptors (Lipinski definition) is 2. The first-order valence-corrected chi connectivity index (χ1v) is 6.85. The summed E-state index contributed by atoms with van der Waals surface area (Å²) in [7, 11) is 0. The number of benzene rings is 1. The van der Waals surface area contributed by atoms with Crippen LogP contribution in [-0.4, -0.2) is 35.8 Å². The predicted molar refractivity (Wildman–Crippen MR) is 73.9 cm³/mol. The van der Waals surface area contributed by atoms with Crippen LogP contribution in [0.3, 0.4) is 0 Å². The topological polar surface area (TPSA) is 49.4 Å². The number of carbonyl (C=O) groups excluding carboxylic acids is 2. The van der Waals surface area contributed by atoms with Crippen LogP contribution in [0.4, 0.5) is 0 Å². The fraction of sp³-hybridized carbons (Fsp3) is 0.467. The van der Waals surface area contributed by atoms with Crippen molar-refractivity contribution in [3.63, 3.8) is 0 Å². The van der Waals surface area contributed by atoms with E-state index < -0.39 is 0 Å². The number of rotatable bonds is 3. The first kappa shape index (κ1) is 13.6. The van der Waals surface area contributed by atoms with Crippen molar-refractivity contribution in [3.8, 4) is 0 Å². The zero-order valence-electron chi connectivity index (χ0n) is 11.5. The zero-order valence-corrected chi connectivity index (χ0v) is 11.5. The van der Waals surface area contributed by atoms with Crippen LogP contribution in [0.5, 0.6) is 0 Å². The summed E-state index contributed by atoms with van der Waals surface area (Å²) in [5, 5.41) is 2.80. The number of hydrogen-bond donors (Lipinski definition) is 1. The smallest absolute Gasteiger partial charge is 0.254 e. The molecule has 1 fully saturated rings. The number of amides is 2. The van der Waals surface area contributed by atoms with Crippen molar-refractivity contribution in [2.75, 3.05) is 13.1 Å². The molecule has 2 rings (SSSR count). The maximum Gasteiger partial charge on any atom is 0.254 e. The van der Waals surface area contributed by atoms with Crippen LogP contribution in [0, 0.1) is 0 Å². The minimum absolute atomic E-state index is 0.0488. The standard InChI is InChI=1S/C15H20N2O2/c1-3-11-5-7-12(8-6-11)15(19)17-10-9-16-14(18)13(17)4-2/h5-8,13H,3-4,9-10H2,1-2H3,(H,16,18). The van der Waals surface area contributed by atoms with E-state index in [-0.39, 0.29) is 17.9 Å². The molecule has 1 aliphatic rings. The molecular formula is C15H20N2O2. The van der Waals surface area contributed by atoms with Gasteiger partial charge in [0.1, 0.15) is 6.04 Å². The minimum Gasteiger partial charge on any atom is -0.353 e. The lowest BCUT2D eigenvalue weighted by Gasteiger charge is -2.34. The summed E-state index contributed by atoms with van der Waals surface area (Å²) in [5.74, 6) is -0.100. The Morgan fingerprint density at radius 2 is 2.00 bits per heavy atom. The van der Waals surface area contributed by atoms with Gasteiger partial charge >= 0.3 is 0 Å². The third kappa shape index (κ3) is 2.78. The molecule has 4 nitrogen and oxygen atoms in total. The fourth-order valence-electron chi connectivity index (χ4n) is 2.41. The van der Waals surface area contributed by atoms with Gasteiger partial charge in [0.2, 0.25) is 5.91 Å². The van der Waals surface area contributed by atoms with Gasteiger partial charge in [-0.3, -0.25) is 9.59 Å². The van der Waals surface area contributed by atoms with Crippen LogP contribution in [0.25, 0.3) is 0 Å². The number of nitrogens with one attached hydrogen (secondary N) is 1. The summed E-state index contributed by atoms with van der Waals surface area (Å²) in [6.45, 7) is 5.13. The van der Waals surface area contributed by atoms with Gasteiger partial charge in [-0.05, 0) is 30.5 Å². The van der Waals surface area contributed by atoms with Crippen LogP contribution in [0.1, 0.15) is 36.2 Å². The predicted octanol–water partition coefficient (Wildman–Crippen LogP) is 1.60. The largest absolute Gasteiger partial charge is 0.353 e. The van der Waals surface area contributed by atoms with Gasteiger partial charge in [-0.15, -0.1) is 0 Å². The molecule has 1 aromatic rings. The quantitative estimate of drug-likeness (QED) is 0.897. The van der Waals surface area contributed by atoms with Crippen LogP contribution in [0.2, 0.25) is 0 Å². The molecule has 1 atom stereocenters. The fourth-order valence-corrected chi connectivity index (χ4v) is 2.41.